The third kappa shape index (κ3) is 5.40. The Morgan fingerprint density at radius 1 is 0.591 bits per heavy atom. The Bertz CT molecular complexity index is 598. The predicted octanol–water partition coefficient (Wildman–Crippen LogP) is 5.82. The molecule has 3 aromatic rings. The molecule has 3 aromatic carbocycles. The van der Waals surface area contributed by atoms with Crippen LogP contribution in [0.2, 0.25) is 0 Å². The maximum absolute atomic E-state index is 4.10. The molecule has 0 aliphatic carbocycles. The first kappa shape index (κ1) is 18.0. The summed E-state index contributed by atoms with van der Waals surface area (Å²) in [5.74, 6) is 0. The Kier molecular flexibility index (Phi) is 8.06. The fourth-order valence-electron chi connectivity index (χ4n) is 1.95. The minimum atomic E-state index is 0. The summed E-state index contributed by atoms with van der Waals surface area (Å²) in [6.07, 6.45) is 0. The predicted molar refractivity (Wildman–Crippen MR) is 93.0 cm³/mol. The van der Waals surface area contributed by atoms with Crippen LogP contribution >= 0.6 is 0 Å². The quantitative estimate of drug-likeness (QED) is 0.324. The fourth-order valence-corrected chi connectivity index (χ4v) is 1.95. The molecule has 0 bridgehead atoms. The van der Waals surface area contributed by atoms with Crippen molar-refractivity contribution >= 4 is 11.1 Å². The van der Waals surface area contributed by atoms with Crippen LogP contribution in [0.1, 0.15) is 11.1 Å². The van der Waals surface area contributed by atoms with Crippen LogP contribution in [0, 0.1) is 0 Å². The molecule has 22 heavy (non-hydrogen) atoms. The molecule has 1 heteroatoms. The largest absolute Gasteiger partial charge is 0.214 e. The van der Waals surface area contributed by atoms with Gasteiger partial charge in [0, 0.05) is 21.7 Å². The minimum Gasteiger partial charge on any atom is -0.214 e. The molecular formula is C21H19Ti-. The number of benzene rings is 2. The van der Waals surface area contributed by atoms with Gasteiger partial charge in [0.2, 0.25) is 0 Å². The summed E-state index contributed by atoms with van der Waals surface area (Å²) in [6.45, 7) is 8.20. The fraction of sp³-hybridized carbons (Fsp3) is 0. The minimum absolute atomic E-state index is 0. The van der Waals surface area contributed by atoms with Crippen molar-refractivity contribution in [2.24, 2.45) is 0 Å². The first-order chi connectivity index (χ1) is 10.3. The van der Waals surface area contributed by atoms with Gasteiger partial charge in [-0.2, -0.15) is 18.2 Å². The Balaban J connectivity index is 0.000000344. The number of allylic oxidation sites excluding steroid dienone is 2. The van der Waals surface area contributed by atoms with Gasteiger partial charge in [0.15, 0.2) is 0 Å². The smallest absolute Gasteiger partial charge is 0 e. The van der Waals surface area contributed by atoms with Crippen LogP contribution in [-0.2, 0) is 21.7 Å². The standard InChI is InChI=1S/C16H14.C5H5.Ti/c1-13(15-9-5-3-6-10-15)14(2)16-11-7-4-8-12-16;1-2-4-5-3-1;/h3-12H,1-2H2;1-5H;/q;-1;. The molecule has 108 valence electrons. The summed E-state index contributed by atoms with van der Waals surface area (Å²) in [6, 6.07) is 30.3. The van der Waals surface area contributed by atoms with Gasteiger partial charge in [-0.05, 0) is 22.3 Å². The molecule has 0 fully saturated rings. The van der Waals surface area contributed by atoms with Gasteiger partial charge < -0.3 is 0 Å². The van der Waals surface area contributed by atoms with Crippen molar-refractivity contribution in [2.75, 3.05) is 0 Å². The first-order valence-corrected chi connectivity index (χ1v) is 6.95. The molecule has 0 amide bonds. The van der Waals surface area contributed by atoms with Crippen molar-refractivity contribution in [3.63, 3.8) is 0 Å². The molecule has 0 aliphatic heterocycles. The van der Waals surface area contributed by atoms with Gasteiger partial charge >= 0.3 is 0 Å². The Morgan fingerprint density at radius 2 is 0.955 bits per heavy atom. The maximum Gasteiger partial charge on any atom is 0 e. The molecular weight excluding hydrogens is 300 g/mol. The van der Waals surface area contributed by atoms with E-state index in [9.17, 15) is 0 Å². The summed E-state index contributed by atoms with van der Waals surface area (Å²) in [4.78, 5) is 0. The molecule has 0 atom stereocenters. The number of hydrogen-bond donors (Lipinski definition) is 0. The van der Waals surface area contributed by atoms with E-state index in [1.165, 1.54) is 0 Å². The van der Waals surface area contributed by atoms with Gasteiger partial charge in [0.1, 0.15) is 0 Å². The topological polar surface area (TPSA) is 0 Å². The summed E-state index contributed by atoms with van der Waals surface area (Å²) < 4.78 is 0. The third-order valence-electron chi connectivity index (χ3n) is 3.16. The van der Waals surface area contributed by atoms with Crippen molar-refractivity contribution in [3.8, 4) is 0 Å². The Morgan fingerprint density at radius 3 is 1.23 bits per heavy atom. The summed E-state index contributed by atoms with van der Waals surface area (Å²) in [7, 11) is 0. The van der Waals surface area contributed by atoms with Crippen LogP contribution in [0.4, 0.5) is 0 Å². The van der Waals surface area contributed by atoms with E-state index >= 15 is 0 Å². The van der Waals surface area contributed by atoms with E-state index in [1.807, 2.05) is 66.7 Å². The number of hydrogen-bond acceptors (Lipinski definition) is 0. The summed E-state index contributed by atoms with van der Waals surface area (Å²) in [5.41, 5.74) is 4.20. The molecule has 0 aliphatic rings. The van der Waals surface area contributed by atoms with Gasteiger partial charge in [-0.15, -0.1) is 0 Å². The molecule has 0 saturated heterocycles. The van der Waals surface area contributed by atoms with Gasteiger partial charge in [-0.25, -0.2) is 12.1 Å². The Labute approximate surface area is 148 Å². The maximum atomic E-state index is 4.10. The second kappa shape index (κ2) is 9.84. The average Bonchev–Trinajstić information content (AvgIpc) is 3.15. The van der Waals surface area contributed by atoms with E-state index in [0.29, 0.717) is 0 Å². The van der Waals surface area contributed by atoms with Crippen LogP contribution in [0.25, 0.3) is 11.1 Å². The van der Waals surface area contributed by atoms with E-state index < -0.39 is 0 Å². The Hall–Kier alpha value is -2.02. The average molecular weight is 319 g/mol. The zero-order valence-electron chi connectivity index (χ0n) is 12.6. The van der Waals surface area contributed by atoms with E-state index in [-0.39, 0.29) is 21.7 Å². The summed E-state index contributed by atoms with van der Waals surface area (Å²) in [5, 5.41) is 0. The van der Waals surface area contributed by atoms with Crippen molar-refractivity contribution < 1.29 is 21.7 Å². The van der Waals surface area contributed by atoms with E-state index in [2.05, 4.69) is 37.4 Å². The zero-order chi connectivity index (χ0) is 14.9. The molecule has 0 nitrogen and oxygen atoms in total. The third-order valence-corrected chi connectivity index (χ3v) is 3.16. The monoisotopic (exact) mass is 319 g/mol. The van der Waals surface area contributed by atoms with Crippen LogP contribution in [0.3, 0.4) is 0 Å². The summed E-state index contributed by atoms with van der Waals surface area (Å²) >= 11 is 0. The van der Waals surface area contributed by atoms with Crippen molar-refractivity contribution in [2.45, 2.75) is 0 Å². The van der Waals surface area contributed by atoms with E-state index in [1.54, 1.807) is 0 Å². The van der Waals surface area contributed by atoms with Crippen LogP contribution < -0.4 is 0 Å². The van der Waals surface area contributed by atoms with Gasteiger partial charge in [0.05, 0.1) is 0 Å². The van der Waals surface area contributed by atoms with Crippen LogP contribution in [-0.4, -0.2) is 0 Å². The van der Waals surface area contributed by atoms with Crippen LogP contribution in [0.15, 0.2) is 104 Å². The van der Waals surface area contributed by atoms with Crippen molar-refractivity contribution in [3.05, 3.63) is 115 Å². The number of rotatable bonds is 3. The molecule has 0 aromatic heterocycles. The molecule has 0 spiro atoms. The zero-order valence-corrected chi connectivity index (χ0v) is 14.1. The molecule has 0 unspecified atom stereocenters. The SMILES string of the molecule is C=C(C(=C)c1ccccc1)c1ccccc1.[Ti].c1cc[cH-]c1. The molecule has 0 N–H and O–H groups in total. The second-order valence-corrected chi connectivity index (χ2v) is 4.65. The van der Waals surface area contributed by atoms with E-state index in [0.717, 1.165) is 22.3 Å². The molecule has 0 heterocycles. The second-order valence-electron chi connectivity index (χ2n) is 4.65. The first-order valence-electron chi connectivity index (χ1n) is 6.95. The normalized spacial score (nSPS) is 8.91. The van der Waals surface area contributed by atoms with E-state index in [4.69, 9.17) is 0 Å². The molecule has 3 rings (SSSR count). The molecule has 0 radical (unpaired) electrons. The van der Waals surface area contributed by atoms with Gasteiger partial charge in [-0.1, -0.05) is 73.8 Å². The van der Waals surface area contributed by atoms with Crippen molar-refractivity contribution in [1.29, 1.82) is 0 Å². The van der Waals surface area contributed by atoms with Gasteiger partial charge in [-0.3, -0.25) is 0 Å². The van der Waals surface area contributed by atoms with Crippen LogP contribution in [0.5, 0.6) is 0 Å². The van der Waals surface area contributed by atoms with Crippen molar-refractivity contribution in [1.82, 2.24) is 0 Å². The van der Waals surface area contributed by atoms with Gasteiger partial charge in [0.25, 0.3) is 0 Å². The molecule has 0 saturated carbocycles.